The number of hydrogen-bond donors (Lipinski definition) is 2. The molecule has 2 N–H and O–H groups in total. The van der Waals surface area contributed by atoms with Crippen LogP contribution in [0.15, 0.2) is 35.1 Å². The van der Waals surface area contributed by atoms with Crippen molar-refractivity contribution in [2.75, 3.05) is 19.8 Å². The summed E-state index contributed by atoms with van der Waals surface area (Å²) in [6, 6.07) is 8.90. The third kappa shape index (κ3) is 2.43. The Balaban J connectivity index is 2.01. The second-order valence-electron chi connectivity index (χ2n) is 4.45. The number of aromatic nitrogens is 2. The molecule has 20 heavy (non-hydrogen) atoms. The van der Waals surface area contributed by atoms with E-state index in [0.717, 1.165) is 0 Å². The minimum absolute atomic E-state index is 0.158. The van der Waals surface area contributed by atoms with Crippen LogP contribution in [-0.2, 0) is 9.47 Å². The van der Waals surface area contributed by atoms with Gasteiger partial charge in [0.15, 0.2) is 0 Å². The van der Waals surface area contributed by atoms with Crippen molar-refractivity contribution in [2.24, 2.45) is 0 Å². The smallest absolute Gasteiger partial charge is 0.262 e. The topological polar surface area (TPSA) is 84.4 Å². The summed E-state index contributed by atoms with van der Waals surface area (Å²) in [5.41, 5.74) is 0.380. The highest BCUT2D eigenvalue weighted by Crippen LogP contribution is 2.25. The summed E-state index contributed by atoms with van der Waals surface area (Å²) in [4.78, 5) is 18.8. The van der Waals surface area contributed by atoms with Gasteiger partial charge in [-0.2, -0.15) is 4.98 Å². The van der Waals surface area contributed by atoms with Gasteiger partial charge in [0.1, 0.15) is 17.5 Å². The molecule has 1 aliphatic heterocycles. The van der Waals surface area contributed by atoms with Crippen LogP contribution in [0.1, 0.15) is 11.9 Å². The van der Waals surface area contributed by atoms with Crippen molar-refractivity contribution in [1.29, 1.82) is 0 Å². The van der Waals surface area contributed by atoms with E-state index in [1.807, 2.05) is 6.07 Å². The second-order valence-corrected chi connectivity index (χ2v) is 4.45. The molecule has 3 rings (SSSR count). The zero-order valence-electron chi connectivity index (χ0n) is 10.7. The van der Waals surface area contributed by atoms with Crippen molar-refractivity contribution in [2.45, 2.75) is 6.10 Å². The molecular formula is C14H14N2O4. The molecule has 0 bridgehead atoms. The largest absolute Gasteiger partial charge is 0.493 e. The van der Waals surface area contributed by atoms with Crippen LogP contribution in [0.2, 0.25) is 0 Å². The normalized spacial score (nSPS) is 18.9. The van der Waals surface area contributed by atoms with Gasteiger partial charge >= 0.3 is 0 Å². The number of nitrogens with zero attached hydrogens (tertiary/aromatic N) is 1. The third-order valence-corrected chi connectivity index (χ3v) is 3.10. The van der Waals surface area contributed by atoms with E-state index in [0.29, 0.717) is 25.4 Å². The van der Waals surface area contributed by atoms with Gasteiger partial charge in [-0.15, -0.1) is 0 Å². The quantitative estimate of drug-likeness (QED) is 0.860. The predicted molar refractivity (Wildman–Crippen MR) is 71.5 cm³/mol. The molecule has 0 amide bonds. The van der Waals surface area contributed by atoms with Crippen molar-refractivity contribution in [3.63, 3.8) is 0 Å². The highest BCUT2D eigenvalue weighted by molar-refractivity contribution is 5.66. The van der Waals surface area contributed by atoms with E-state index in [-0.39, 0.29) is 17.3 Å². The first-order chi connectivity index (χ1) is 9.75. The van der Waals surface area contributed by atoms with Crippen LogP contribution >= 0.6 is 0 Å². The Morgan fingerprint density at radius 2 is 2.05 bits per heavy atom. The summed E-state index contributed by atoms with van der Waals surface area (Å²) in [6.07, 6.45) is -0.452. The van der Waals surface area contributed by atoms with Crippen LogP contribution in [0.3, 0.4) is 0 Å². The highest BCUT2D eigenvalue weighted by Gasteiger charge is 2.22. The third-order valence-electron chi connectivity index (χ3n) is 3.10. The van der Waals surface area contributed by atoms with Crippen LogP contribution < -0.4 is 5.56 Å². The van der Waals surface area contributed by atoms with Crippen molar-refractivity contribution >= 4 is 0 Å². The van der Waals surface area contributed by atoms with Gasteiger partial charge in [0.25, 0.3) is 5.56 Å². The Morgan fingerprint density at radius 3 is 2.70 bits per heavy atom. The number of nitrogens with one attached hydrogen (secondary N) is 1. The van der Waals surface area contributed by atoms with Gasteiger partial charge in [0.05, 0.1) is 19.8 Å². The van der Waals surface area contributed by atoms with Crippen LogP contribution in [0.25, 0.3) is 11.1 Å². The summed E-state index contributed by atoms with van der Waals surface area (Å²) in [5.74, 6) is -0.0176. The van der Waals surface area contributed by atoms with E-state index in [1.165, 1.54) is 0 Å². The van der Waals surface area contributed by atoms with E-state index in [4.69, 9.17) is 9.47 Å². The molecule has 0 saturated carbocycles. The number of aromatic hydroxyl groups is 1. The minimum Gasteiger partial charge on any atom is -0.493 e. The number of rotatable bonds is 2. The van der Waals surface area contributed by atoms with Crippen LogP contribution in [0.4, 0.5) is 0 Å². The van der Waals surface area contributed by atoms with E-state index in [9.17, 15) is 9.90 Å². The lowest BCUT2D eigenvalue weighted by atomic mass is 10.1. The molecule has 104 valence electrons. The zero-order chi connectivity index (χ0) is 13.9. The monoisotopic (exact) mass is 274 g/mol. The van der Waals surface area contributed by atoms with Crippen LogP contribution in [-0.4, -0.2) is 34.9 Å². The van der Waals surface area contributed by atoms with E-state index < -0.39 is 11.7 Å². The first-order valence-electron chi connectivity index (χ1n) is 6.33. The molecule has 1 aromatic heterocycles. The molecule has 1 unspecified atom stereocenters. The Bertz CT molecular complexity index is 648. The van der Waals surface area contributed by atoms with Gasteiger partial charge in [-0.05, 0) is 5.56 Å². The average molecular weight is 274 g/mol. The van der Waals surface area contributed by atoms with Gasteiger partial charge in [0.2, 0.25) is 5.88 Å². The lowest BCUT2D eigenvalue weighted by Gasteiger charge is -2.22. The molecule has 6 heteroatoms. The van der Waals surface area contributed by atoms with Gasteiger partial charge < -0.3 is 19.6 Å². The molecule has 1 aliphatic rings. The fourth-order valence-corrected chi connectivity index (χ4v) is 2.14. The number of aromatic amines is 1. The van der Waals surface area contributed by atoms with Gasteiger partial charge in [0, 0.05) is 0 Å². The molecule has 1 fully saturated rings. The molecule has 1 saturated heterocycles. The fourth-order valence-electron chi connectivity index (χ4n) is 2.14. The molecular weight excluding hydrogens is 260 g/mol. The maximum absolute atomic E-state index is 12.2. The summed E-state index contributed by atoms with van der Waals surface area (Å²) in [7, 11) is 0. The van der Waals surface area contributed by atoms with E-state index in [2.05, 4.69) is 9.97 Å². The molecule has 1 aromatic carbocycles. The Kier molecular flexibility index (Phi) is 3.49. The maximum atomic E-state index is 12.2. The first kappa shape index (κ1) is 12.8. The van der Waals surface area contributed by atoms with E-state index >= 15 is 0 Å². The Morgan fingerprint density at radius 1 is 1.25 bits per heavy atom. The summed E-state index contributed by atoms with van der Waals surface area (Å²) in [6.45, 7) is 1.28. The number of ether oxygens (including phenoxy) is 2. The Hall–Kier alpha value is -2.18. The average Bonchev–Trinajstić information content (AvgIpc) is 2.48. The molecule has 0 aliphatic carbocycles. The lowest BCUT2D eigenvalue weighted by molar-refractivity contribution is -0.0937. The molecule has 2 aromatic rings. The van der Waals surface area contributed by atoms with Crippen molar-refractivity contribution < 1.29 is 14.6 Å². The SMILES string of the molecule is O=c1[nH]c(C2COCCO2)nc(O)c1-c1ccccc1. The van der Waals surface area contributed by atoms with Crippen molar-refractivity contribution in [1.82, 2.24) is 9.97 Å². The number of H-pyrrole nitrogens is 1. The van der Waals surface area contributed by atoms with Crippen molar-refractivity contribution in [3.8, 4) is 17.0 Å². The van der Waals surface area contributed by atoms with Gasteiger partial charge in [-0.3, -0.25) is 4.79 Å². The van der Waals surface area contributed by atoms with Crippen LogP contribution in [0, 0.1) is 0 Å². The molecule has 6 nitrogen and oxygen atoms in total. The number of hydrogen-bond acceptors (Lipinski definition) is 5. The minimum atomic E-state index is -0.452. The summed E-state index contributed by atoms with van der Waals surface area (Å²) < 4.78 is 10.7. The Labute approximate surface area is 115 Å². The predicted octanol–water partition coefficient (Wildman–Crippen LogP) is 1.23. The maximum Gasteiger partial charge on any atom is 0.262 e. The highest BCUT2D eigenvalue weighted by atomic mass is 16.6. The van der Waals surface area contributed by atoms with Crippen LogP contribution in [0.5, 0.6) is 5.88 Å². The molecule has 1 atom stereocenters. The van der Waals surface area contributed by atoms with Gasteiger partial charge in [-0.25, -0.2) is 0 Å². The van der Waals surface area contributed by atoms with Gasteiger partial charge in [-0.1, -0.05) is 30.3 Å². The number of benzene rings is 1. The molecule has 0 radical (unpaired) electrons. The first-order valence-corrected chi connectivity index (χ1v) is 6.33. The summed E-state index contributed by atoms with van der Waals surface area (Å²) >= 11 is 0. The molecule has 0 spiro atoms. The zero-order valence-corrected chi connectivity index (χ0v) is 10.7. The standard InChI is InChI=1S/C14H14N2O4/c17-13-11(9-4-2-1-3-5-9)14(18)16-12(15-13)10-8-19-6-7-20-10/h1-5,10H,6-8H2,(H2,15,16,17,18). The fraction of sp³-hybridized carbons (Fsp3) is 0.286. The molecule has 2 heterocycles. The summed E-state index contributed by atoms with van der Waals surface area (Å²) in [5, 5.41) is 10.0. The van der Waals surface area contributed by atoms with E-state index in [1.54, 1.807) is 24.3 Å². The second kappa shape index (κ2) is 5.44. The lowest BCUT2D eigenvalue weighted by Crippen LogP contribution is -2.26. The van der Waals surface area contributed by atoms with Crippen molar-refractivity contribution in [3.05, 3.63) is 46.5 Å².